The predicted molar refractivity (Wildman–Crippen MR) is 100 cm³/mol. The van der Waals surface area contributed by atoms with E-state index in [1.165, 1.54) is 11.0 Å². The van der Waals surface area contributed by atoms with Gasteiger partial charge in [0.1, 0.15) is 0 Å². The summed E-state index contributed by atoms with van der Waals surface area (Å²) in [6.45, 7) is 3.74. The van der Waals surface area contributed by atoms with Gasteiger partial charge in [0.15, 0.2) is 0 Å². The summed E-state index contributed by atoms with van der Waals surface area (Å²) in [6, 6.07) is 11.7. The van der Waals surface area contributed by atoms with Crippen molar-refractivity contribution >= 4 is 27.4 Å². The van der Waals surface area contributed by atoms with Gasteiger partial charge in [0.05, 0.1) is 0 Å². The Kier molecular flexibility index (Phi) is 5.84. The molecule has 128 valence electrons. The van der Waals surface area contributed by atoms with E-state index in [0.717, 1.165) is 31.6 Å². The summed E-state index contributed by atoms with van der Waals surface area (Å²) in [5, 5.41) is 5.57. The van der Waals surface area contributed by atoms with E-state index in [9.17, 15) is 8.42 Å². The van der Waals surface area contributed by atoms with Crippen LogP contribution in [0.4, 0.5) is 0 Å². The van der Waals surface area contributed by atoms with Crippen LogP contribution >= 0.6 is 11.3 Å². The molecule has 1 aromatic carbocycles. The van der Waals surface area contributed by atoms with Gasteiger partial charge in [-0.25, -0.2) is 8.42 Å². The second-order valence-corrected chi connectivity index (χ2v) is 8.52. The smallest absolute Gasteiger partial charge is 0.236 e. The standard InChI is InChI=1S/C18H22N2O2S2/c21-24(22,14-8-17-5-2-1-3-6-17)20-10-4-9-19(11-12-20)15-18-7-13-23-16-18/h1-3,5-8,13-14,16H,4,9-12,15H2/b14-8+. The summed E-state index contributed by atoms with van der Waals surface area (Å²) in [6.07, 6.45) is 2.53. The molecule has 0 N–H and O–H groups in total. The van der Waals surface area contributed by atoms with Gasteiger partial charge >= 0.3 is 0 Å². The Morgan fingerprint density at radius 3 is 2.62 bits per heavy atom. The molecule has 1 aliphatic rings. The highest BCUT2D eigenvalue weighted by molar-refractivity contribution is 7.92. The Hall–Kier alpha value is -1.47. The van der Waals surface area contributed by atoms with Gasteiger partial charge in [0, 0.05) is 31.6 Å². The van der Waals surface area contributed by atoms with Crippen LogP contribution in [0.15, 0.2) is 52.6 Å². The normalized spacial score (nSPS) is 18.0. The highest BCUT2D eigenvalue weighted by Gasteiger charge is 2.23. The summed E-state index contributed by atoms with van der Waals surface area (Å²) >= 11 is 1.70. The maximum atomic E-state index is 12.6. The average molecular weight is 363 g/mol. The third-order valence-corrected chi connectivity index (χ3v) is 6.42. The van der Waals surface area contributed by atoms with Crippen molar-refractivity contribution in [2.24, 2.45) is 0 Å². The molecule has 1 aliphatic heterocycles. The van der Waals surface area contributed by atoms with Gasteiger partial charge < -0.3 is 0 Å². The lowest BCUT2D eigenvalue weighted by Crippen LogP contribution is -2.33. The van der Waals surface area contributed by atoms with Crippen molar-refractivity contribution in [2.45, 2.75) is 13.0 Å². The molecule has 0 spiro atoms. The molecule has 6 heteroatoms. The fourth-order valence-corrected chi connectivity index (χ4v) is 4.70. The van der Waals surface area contributed by atoms with E-state index < -0.39 is 10.0 Å². The number of nitrogens with zero attached hydrogens (tertiary/aromatic N) is 2. The van der Waals surface area contributed by atoms with Gasteiger partial charge in [-0.05, 0) is 47.0 Å². The number of thiophene rings is 1. The van der Waals surface area contributed by atoms with Crippen molar-refractivity contribution in [1.82, 2.24) is 9.21 Å². The number of rotatable bonds is 5. The van der Waals surface area contributed by atoms with Crippen LogP contribution in [-0.4, -0.2) is 43.8 Å². The highest BCUT2D eigenvalue weighted by atomic mass is 32.2. The van der Waals surface area contributed by atoms with E-state index in [1.807, 2.05) is 30.3 Å². The predicted octanol–water partition coefficient (Wildman–Crippen LogP) is 3.26. The van der Waals surface area contributed by atoms with Gasteiger partial charge in [0.2, 0.25) is 10.0 Å². The largest absolute Gasteiger partial charge is 0.298 e. The lowest BCUT2D eigenvalue weighted by molar-refractivity contribution is 0.279. The quantitative estimate of drug-likeness (QED) is 0.820. The van der Waals surface area contributed by atoms with Crippen LogP contribution in [0.25, 0.3) is 6.08 Å². The number of hydrogen-bond acceptors (Lipinski definition) is 4. The molecule has 0 atom stereocenters. The van der Waals surface area contributed by atoms with Crippen molar-refractivity contribution in [2.75, 3.05) is 26.2 Å². The van der Waals surface area contributed by atoms with Crippen LogP contribution in [-0.2, 0) is 16.6 Å². The zero-order valence-corrected chi connectivity index (χ0v) is 15.2. The number of hydrogen-bond donors (Lipinski definition) is 0. The zero-order valence-electron chi connectivity index (χ0n) is 13.5. The fraction of sp³-hybridized carbons (Fsp3) is 0.333. The van der Waals surface area contributed by atoms with Gasteiger partial charge in [-0.3, -0.25) is 4.90 Å². The molecule has 0 bridgehead atoms. The molecule has 0 aliphatic carbocycles. The molecule has 0 saturated carbocycles. The topological polar surface area (TPSA) is 40.6 Å². The Bertz CT molecular complexity index is 756. The molecule has 4 nitrogen and oxygen atoms in total. The summed E-state index contributed by atoms with van der Waals surface area (Å²) in [5.41, 5.74) is 2.20. The highest BCUT2D eigenvalue weighted by Crippen LogP contribution is 2.15. The van der Waals surface area contributed by atoms with E-state index in [-0.39, 0.29) is 0 Å². The SMILES string of the molecule is O=S(=O)(/C=C/c1ccccc1)N1CCCN(Cc2ccsc2)CC1. The second kappa shape index (κ2) is 8.07. The molecule has 0 unspecified atom stereocenters. The van der Waals surface area contributed by atoms with Crippen molar-refractivity contribution < 1.29 is 8.42 Å². The molecule has 1 fully saturated rings. The Labute approximate surface area is 148 Å². The van der Waals surface area contributed by atoms with Gasteiger partial charge in [0.25, 0.3) is 0 Å². The molecule has 24 heavy (non-hydrogen) atoms. The zero-order chi connectivity index (χ0) is 16.8. The number of sulfonamides is 1. The maximum absolute atomic E-state index is 12.6. The fourth-order valence-electron chi connectivity index (χ4n) is 2.82. The van der Waals surface area contributed by atoms with Crippen molar-refractivity contribution in [3.8, 4) is 0 Å². The van der Waals surface area contributed by atoms with E-state index in [2.05, 4.69) is 21.7 Å². The molecule has 1 aromatic heterocycles. The molecule has 2 heterocycles. The lowest BCUT2D eigenvalue weighted by atomic mass is 10.2. The van der Waals surface area contributed by atoms with E-state index in [4.69, 9.17) is 0 Å². The first-order valence-electron chi connectivity index (χ1n) is 8.10. The molecule has 0 amide bonds. The third-order valence-electron chi connectivity index (χ3n) is 4.13. The van der Waals surface area contributed by atoms with Crippen LogP contribution < -0.4 is 0 Å². The third kappa shape index (κ3) is 4.77. The van der Waals surface area contributed by atoms with Gasteiger partial charge in [-0.1, -0.05) is 30.3 Å². The van der Waals surface area contributed by atoms with Crippen molar-refractivity contribution in [3.05, 3.63) is 63.7 Å². The van der Waals surface area contributed by atoms with Crippen LogP contribution in [0.1, 0.15) is 17.5 Å². The molecule has 2 aromatic rings. The summed E-state index contributed by atoms with van der Waals surface area (Å²) < 4.78 is 26.7. The number of benzene rings is 1. The van der Waals surface area contributed by atoms with Crippen molar-refractivity contribution in [1.29, 1.82) is 0 Å². The van der Waals surface area contributed by atoms with Gasteiger partial charge in [-0.2, -0.15) is 15.6 Å². The van der Waals surface area contributed by atoms with Crippen LogP contribution in [0.5, 0.6) is 0 Å². The first-order chi connectivity index (χ1) is 11.6. The molecular weight excluding hydrogens is 340 g/mol. The first kappa shape index (κ1) is 17.4. The molecule has 3 rings (SSSR count). The summed E-state index contributed by atoms with van der Waals surface area (Å²) in [5.74, 6) is 0. The minimum absolute atomic E-state index is 0.547. The maximum Gasteiger partial charge on any atom is 0.236 e. The first-order valence-corrected chi connectivity index (χ1v) is 10.5. The Morgan fingerprint density at radius 2 is 1.88 bits per heavy atom. The minimum atomic E-state index is -3.36. The molecule has 0 radical (unpaired) electrons. The lowest BCUT2D eigenvalue weighted by Gasteiger charge is -2.20. The second-order valence-electron chi connectivity index (χ2n) is 5.92. The minimum Gasteiger partial charge on any atom is -0.298 e. The average Bonchev–Trinajstić information content (AvgIpc) is 2.98. The molecular formula is C18H22N2O2S2. The molecule has 1 saturated heterocycles. The van der Waals surface area contributed by atoms with Gasteiger partial charge in [-0.15, -0.1) is 0 Å². The van der Waals surface area contributed by atoms with Crippen LogP contribution in [0, 0.1) is 0 Å². The van der Waals surface area contributed by atoms with Crippen LogP contribution in [0.2, 0.25) is 0 Å². The Morgan fingerprint density at radius 1 is 1.04 bits per heavy atom. The van der Waals surface area contributed by atoms with E-state index in [0.29, 0.717) is 13.1 Å². The Balaban J connectivity index is 1.61. The summed E-state index contributed by atoms with van der Waals surface area (Å²) in [7, 11) is -3.36. The van der Waals surface area contributed by atoms with E-state index >= 15 is 0 Å². The summed E-state index contributed by atoms with van der Waals surface area (Å²) in [4.78, 5) is 2.33. The van der Waals surface area contributed by atoms with E-state index in [1.54, 1.807) is 21.7 Å². The van der Waals surface area contributed by atoms with Crippen molar-refractivity contribution in [3.63, 3.8) is 0 Å². The monoisotopic (exact) mass is 362 g/mol. The van der Waals surface area contributed by atoms with Crippen LogP contribution in [0.3, 0.4) is 0 Å².